The Morgan fingerprint density at radius 3 is 1.95 bits per heavy atom. The standard InChI is InChI=1S/C21H25N/c1-20(2,3)17-10-8-9-15(13-17)16-11-12-18(21(4,5)6)19(14-16)22-7/h8-14H,1-6H3. The Bertz CT molecular complexity index is 719. The maximum atomic E-state index is 7.49. The van der Waals surface area contributed by atoms with E-state index in [-0.39, 0.29) is 10.8 Å². The summed E-state index contributed by atoms with van der Waals surface area (Å²) >= 11 is 0. The van der Waals surface area contributed by atoms with Crippen molar-refractivity contribution in [1.29, 1.82) is 0 Å². The van der Waals surface area contributed by atoms with Crippen LogP contribution in [-0.2, 0) is 10.8 Å². The predicted octanol–water partition coefficient (Wildman–Crippen LogP) is 6.50. The Kier molecular flexibility index (Phi) is 4.16. The molecule has 0 aliphatic heterocycles. The van der Waals surface area contributed by atoms with Crippen molar-refractivity contribution in [3.8, 4) is 11.1 Å². The minimum atomic E-state index is -0.00826. The first-order valence-corrected chi connectivity index (χ1v) is 7.76. The minimum absolute atomic E-state index is 0.00826. The molecule has 0 aliphatic carbocycles. The molecule has 0 spiro atoms. The van der Waals surface area contributed by atoms with Crippen LogP contribution < -0.4 is 0 Å². The van der Waals surface area contributed by atoms with E-state index in [2.05, 4.69) is 82.8 Å². The summed E-state index contributed by atoms with van der Waals surface area (Å²) in [4.78, 5) is 3.74. The minimum Gasteiger partial charge on any atom is -0.238 e. The van der Waals surface area contributed by atoms with Gasteiger partial charge >= 0.3 is 0 Å². The van der Waals surface area contributed by atoms with Crippen LogP contribution in [0.2, 0.25) is 0 Å². The highest BCUT2D eigenvalue weighted by molar-refractivity contribution is 5.72. The zero-order chi connectivity index (χ0) is 16.5. The summed E-state index contributed by atoms with van der Waals surface area (Å²) in [5.41, 5.74) is 5.59. The summed E-state index contributed by atoms with van der Waals surface area (Å²) in [6.07, 6.45) is 0. The van der Waals surface area contributed by atoms with E-state index in [9.17, 15) is 0 Å². The Labute approximate surface area is 134 Å². The van der Waals surface area contributed by atoms with Crippen LogP contribution in [0.15, 0.2) is 42.5 Å². The first kappa shape index (κ1) is 16.3. The molecular weight excluding hydrogens is 266 g/mol. The van der Waals surface area contributed by atoms with Crippen molar-refractivity contribution in [2.75, 3.05) is 0 Å². The maximum Gasteiger partial charge on any atom is 0.191 e. The monoisotopic (exact) mass is 291 g/mol. The zero-order valence-corrected chi connectivity index (χ0v) is 14.5. The van der Waals surface area contributed by atoms with Crippen molar-refractivity contribution in [3.63, 3.8) is 0 Å². The normalized spacial score (nSPS) is 12.0. The second-order valence-corrected chi connectivity index (χ2v) is 7.92. The molecule has 0 saturated heterocycles. The molecule has 0 aliphatic rings. The van der Waals surface area contributed by atoms with Gasteiger partial charge < -0.3 is 0 Å². The molecule has 0 atom stereocenters. The second kappa shape index (κ2) is 5.61. The Hall–Kier alpha value is -2.07. The fraction of sp³-hybridized carbons (Fsp3) is 0.381. The molecule has 2 rings (SSSR count). The lowest BCUT2D eigenvalue weighted by Gasteiger charge is -2.22. The van der Waals surface area contributed by atoms with E-state index < -0.39 is 0 Å². The number of benzene rings is 2. The predicted molar refractivity (Wildman–Crippen MR) is 95.5 cm³/mol. The smallest absolute Gasteiger partial charge is 0.191 e. The molecule has 0 bridgehead atoms. The second-order valence-electron chi connectivity index (χ2n) is 7.92. The van der Waals surface area contributed by atoms with Crippen LogP contribution in [0, 0.1) is 6.57 Å². The molecule has 0 saturated carbocycles. The van der Waals surface area contributed by atoms with Crippen molar-refractivity contribution in [1.82, 2.24) is 0 Å². The van der Waals surface area contributed by atoms with Gasteiger partial charge in [0.15, 0.2) is 5.69 Å². The van der Waals surface area contributed by atoms with Crippen LogP contribution >= 0.6 is 0 Å². The third-order valence-corrected chi connectivity index (χ3v) is 3.99. The molecule has 22 heavy (non-hydrogen) atoms. The molecule has 1 heteroatoms. The topological polar surface area (TPSA) is 4.36 Å². The van der Waals surface area contributed by atoms with Crippen molar-refractivity contribution in [2.45, 2.75) is 52.4 Å². The van der Waals surface area contributed by atoms with Gasteiger partial charge in [0.25, 0.3) is 0 Å². The van der Waals surface area contributed by atoms with Crippen molar-refractivity contribution in [3.05, 3.63) is 65.0 Å². The molecule has 2 aromatic carbocycles. The largest absolute Gasteiger partial charge is 0.238 e. The van der Waals surface area contributed by atoms with Crippen LogP contribution in [0.4, 0.5) is 5.69 Å². The first-order chi connectivity index (χ1) is 10.1. The van der Waals surface area contributed by atoms with E-state index in [4.69, 9.17) is 6.57 Å². The quantitative estimate of drug-likeness (QED) is 0.528. The van der Waals surface area contributed by atoms with Gasteiger partial charge in [-0.1, -0.05) is 77.9 Å². The van der Waals surface area contributed by atoms with Crippen molar-refractivity contribution >= 4 is 5.69 Å². The van der Waals surface area contributed by atoms with Gasteiger partial charge in [-0.2, -0.15) is 0 Å². The average molecular weight is 291 g/mol. The fourth-order valence-corrected chi connectivity index (χ4v) is 2.60. The highest BCUT2D eigenvalue weighted by Crippen LogP contribution is 2.36. The van der Waals surface area contributed by atoms with Crippen LogP contribution in [0.1, 0.15) is 52.7 Å². The molecule has 114 valence electrons. The molecule has 2 aromatic rings. The molecular formula is C21H25N. The summed E-state index contributed by atoms with van der Waals surface area (Å²) < 4.78 is 0. The third kappa shape index (κ3) is 3.39. The summed E-state index contributed by atoms with van der Waals surface area (Å²) in [6, 6.07) is 14.9. The lowest BCUT2D eigenvalue weighted by atomic mass is 9.83. The van der Waals surface area contributed by atoms with Gasteiger partial charge in [0.2, 0.25) is 0 Å². The third-order valence-electron chi connectivity index (χ3n) is 3.99. The Balaban J connectivity index is 2.54. The van der Waals surface area contributed by atoms with Crippen molar-refractivity contribution in [2.24, 2.45) is 0 Å². The van der Waals surface area contributed by atoms with Crippen LogP contribution in [0.25, 0.3) is 16.0 Å². The van der Waals surface area contributed by atoms with E-state index in [1.807, 2.05) is 6.07 Å². The van der Waals surface area contributed by atoms with E-state index in [1.165, 1.54) is 11.1 Å². The van der Waals surface area contributed by atoms with E-state index in [0.29, 0.717) is 0 Å². The number of hydrogen-bond acceptors (Lipinski definition) is 0. The molecule has 0 unspecified atom stereocenters. The van der Waals surface area contributed by atoms with Gasteiger partial charge in [0.05, 0.1) is 6.57 Å². The van der Waals surface area contributed by atoms with Gasteiger partial charge in [-0.05, 0) is 39.2 Å². The van der Waals surface area contributed by atoms with Crippen molar-refractivity contribution < 1.29 is 0 Å². The SMILES string of the molecule is [C-]#[N+]c1cc(-c2cccc(C(C)(C)C)c2)ccc1C(C)(C)C. The van der Waals surface area contributed by atoms with Crippen LogP contribution in [-0.4, -0.2) is 0 Å². The highest BCUT2D eigenvalue weighted by Gasteiger charge is 2.19. The van der Waals surface area contributed by atoms with Gasteiger partial charge in [-0.15, -0.1) is 0 Å². The number of hydrogen-bond donors (Lipinski definition) is 0. The highest BCUT2D eigenvalue weighted by atomic mass is 14.7. The molecule has 0 fully saturated rings. The lowest BCUT2D eigenvalue weighted by molar-refractivity contribution is 0.590. The Morgan fingerprint density at radius 1 is 0.773 bits per heavy atom. The summed E-state index contributed by atoms with van der Waals surface area (Å²) in [5.74, 6) is 0. The van der Waals surface area contributed by atoms with Gasteiger partial charge in [0, 0.05) is 0 Å². The Morgan fingerprint density at radius 2 is 1.41 bits per heavy atom. The van der Waals surface area contributed by atoms with Gasteiger partial charge in [-0.25, -0.2) is 4.85 Å². The van der Waals surface area contributed by atoms with Crippen LogP contribution in [0.3, 0.4) is 0 Å². The molecule has 0 aromatic heterocycles. The van der Waals surface area contributed by atoms with E-state index in [0.717, 1.165) is 16.8 Å². The summed E-state index contributed by atoms with van der Waals surface area (Å²) in [5, 5.41) is 0. The maximum absolute atomic E-state index is 7.49. The van der Waals surface area contributed by atoms with Gasteiger partial charge in [-0.3, -0.25) is 0 Å². The summed E-state index contributed by atoms with van der Waals surface area (Å²) in [7, 11) is 0. The fourth-order valence-electron chi connectivity index (χ4n) is 2.60. The van der Waals surface area contributed by atoms with Gasteiger partial charge in [0.1, 0.15) is 0 Å². The summed E-state index contributed by atoms with van der Waals surface area (Å²) in [6.45, 7) is 20.6. The molecule has 0 amide bonds. The van der Waals surface area contributed by atoms with E-state index in [1.54, 1.807) is 0 Å². The molecule has 0 radical (unpaired) electrons. The molecule has 0 N–H and O–H groups in total. The molecule has 1 nitrogen and oxygen atoms in total. The van der Waals surface area contributed by atoms with E-state index >= 15 is 0 Å². The lowest BCUT2D eigenvalue weighted by Crippen LogP contribution is -2.11. The average Bonchev–Trinajstić information content (AvgIpc) is 2.45. The molecule has 0 heterocycles. The zero-order valence-electron chi connectivity index (χ0n) is 14.5. The number of nitrogens with zero attached hydrogens (tertiary/aromatic N) is 1. The first-order valence-electron chi connectivity index (χ1n) is 7.76. The number of rotatable bonds is 1. The van der Waals surface area contributed by atoms with Crippen LogP contribution in [0.5, 0.6) is 0 Å².